The normalized spacial score (nSPS) is 19.9. The van der Waals surface area contributed by atoms with Gasteiger partial charge in [0.2, 0.25) is 0 Å². The fourth-order valence-corrected chi connectivity index (χ4v) is 2.95. The van der Waals surface area contributed by atoms with Crippen LogP contribution in [0.25, 0.3) is 0 Å². The minimum Gasteiger partial charge on any atom is -0.377 e. The van der Waals surface area contributed by atoms with E-state index in [0.29, 0.717) is 30.2 Å². The highest BCUT2D eigenvalue weighted by atomic mass is 79.9. The number of amides is 1. The first-order valence-electron chi connectivity index (χ1n) is 6.00. The van der Waals surface area contributed by atoms with Crippen LogP contribution in [-0.2, 0) is 4.74 Å². The number of hydrogen-bond donors (Lipinski definition) is 1. The first-order valence-corrected chi connectivity index (χ1v) is 7.24. The molecule has 0 saturated carbocycles. The second kappa shape index (κ2) is 6.08. The Morgan fingerprint density at radius 3 is 3.06 bits per heavy atom. The molecule has 1 fully saturated rings. The molecule has 3 nitrogen and oxygen atoms in total. The van der Waals surface area contributed by atoms with E-state index in [2.05, 4.69) is 35.5 Å². The monoisotopic (exact) mass is 329 g/mol. The quantitative estimate of drug-likeness (QED) is 0.845. The number of hydrogen-bond acceptors (Lipinski definition) is 3. The molecule has 18 heavy (non-hydrogen) atoms. The second-order valence-electron chi connectivity index (χ2n) is 4.30. The largest absolute Gasteiger partial charge is 0.377 e. The molecule has 0 aromatic heterocycles. The van der Waals surface area contributed by atoms with Gasteiger partial charge >= 0.3 is 0 Å². The van der Waals surface area contributed by atoms with Crippen LogP contribution in [-0.4, -0.2) is 36.6 Å². The van der Waals surface area contributed by atoms with E-state index in [-0.39, 0.29) is 11.9 Å². The van der Waals surface area contributed by atoms with Gasteiger partial charge in [-0.25, -0.2) is 0 Å². The highest BCUT2D eigenvalue weighted by molar-refractivity contribution is 9.10. The summed E-state index contributed by atoms with van der Waals surface area (Å²) in [5.41, 5.74) is 0.655. The van der Waals surface area contributed by atoms with E-state index in [9.17, 15) is 4.79 Å². The van der Waals surface area contributed by atoms with Gasteiger partial charge in [0.1, 0.15) is 0 Å². The van der Waals surface area contributed by atoms with Crippen LogP contribution in [0, 0.1) is 0 Å². The molecule has 0 N–H and O–H groups in total. The molecule has 1 aromatic rings. The van der Waals surface area contributed by atoms with Crippen LogP contribution < -0.4 is 0 Å². The van der Waals surface area contributed by atoms with Crippen molar-refractivity contribution in [2.45, 2.75) is 24.3 Å². The minimum atomic E-state index is 0.0441. The standard InChI is InChI=1S/C13H16BrNO2S/c1-2-10-8-17-6-5-15(10)13(16)11-4-3-9(14)7-12(11)18/h3-4,7,10,18H,2,5-6,8H2,1H3. The van der Waals surface area contributed by atoms with E-state index in [4.69, 9.17) is 4.74 Å². The molecule has 5 heteroatoms. The maximum Gasteiger partial charge on any atom is 0.255 e. The van der Waals surface area contributed by atoms with Gasteiger partial charge in [0.15, 0.2) is 0 Å². The zero-order chi connectivity index (χ0) is 13.1. The average molecular weight is 330 g/mol. The molecule has 0 radical (unpaired) electrons. The third-order valence-electron chi connectivity index (χ3n) is 3.15. The van der Waals surface area contributed by atoms with Gasteiger partial charge in [0, 0.05) is 15.9 Å². The van der Waals surface area contributed by atoms with Crippen molar-refractivity contribution in [2.75, 3.05) is 19.8 Å². The van der Waals surface area contributed by atoms with Crippen molar-refractivity contribution in [1.29, 1.82) is 0 Å². The number of thiol groups is 1. The summed E-state index contributed by atoms with van der Waals surface area (Å²) >= 11 is 7.75. The van der Waals surface area contributed by atoms with Crippen LogP contribution in [0.3, 0.4) is 0 Å². The van der Waals surface area contributed by atoms with Crippen molar-refractivity contribution < 1.29 is 9.53 Å². The number of nitrogens with zero attached hydrogens (tertiary/aromatic N) is 1. The number of halogens is 1. The van der Waals surface area contributed by atoms with E-state index in [0.717, 1.165) is 10.9 Å². The summed E-state index contributed by atoms with van der Waals surface area (Å²) in [6, 6.07) is 5.70. The molecule has 0 aliphatic carbocycles. The van der Waals surface area contributed by atoms with Gasteiger partial charge in [-0.05, 0) is 24.6 Å². The Bertz CT molecular complexity index is 453. The van der Waals surface area contributed by atoms with Gasteiger partial charge in [-0.3, -0.25) is 4.79 Å². The summed E-state index contributed by atoms with van der Waals surface area (Å²) in [6.07, 6.45) is 0.907. The first-order chi connectivity index (χ1) is 8.63. The summed E-state index contributed by atoms with van der Waals surface area (Å²) < 4.78 is 6.35. The van der Waals surface area contributed by atoms with Crippen LogP contribution in [0.5, 0.6) is 0 Å². The molecular formula is C13H16BrNO2S. The van der Waals surface area contributed by atoms with Gasteiger partial charge in [-0.15, -0.1) is 12.6 Å². The Labute approximate surface area is 121 Å². The maximum atomic E-state index is 12.5. The number of benzene rings is 1. The van der Waals surface area contributed by atoms with Gasteiger partial charge in [-0.2, -0.15) is 0 Å². The molecule has 1 atom stereocenters. The zero-order valence-corrected chi connectivity index (χ0v) is 12.7. The van der Waals surface area contributed by atoms with E-state index < -0.39 is 0 Å². The Hall–Kier alpha value is -0.520. The highest BCUT2D eigenvalue weighted by Gasteiger charge is 2.27. The highest BCUT2D eigenvalue weighted by Crippen LogP contribution is 2.23. The topological polar surface area (TPSA) is 29.5 Å². The fourth-order valence-electron chi connectivity index (χ4n) is 2.10. The number of ether oxygens (including phenoxy) is 1. The second-order valence-corrected chi connectivity index (χ2v) is 5.69. The Balaban J connectivity index is 2.24. The van der Waals surface area contributed by atoms with Crippen LogP contribution in [0.2, 0.25) is 0 Å². The molecule has 1 aliphatic heterocycles. The molecule has 98 valence electrons. The molecule has 1 aliphatic rings. The zero-order valence-electron chi connectivity index (χ0n) is 10.2. The van der Waals surface area contributed by atoms with Gasteiger partial charge in [0.25, 0.3) is 5.91 Å². The van der Waals surface area contributed by atoms with Gasteiger partial charge in [0.05, 0.1) is 24.8 Å². The third kappa shape index (κ3) is 2.90. The predicted molar refractivity (Wildman–Crippen MR) is 77.3 cm³/mol. The molecule has 1 saturated heterocycles. The lowest BCUT2D eigenvalue weighted by Gasteiger charge is -2.35. The van der Waals surface area contributed by atoms with Crippen LogP contribution >= 0.6 is 28.6 Å². The van der Waals surface area contributed by atoms with Crippen LogP contribution in [0.15, 0.2) is 27.6 Å². The molecule has 1 aromatic carbocycles. The third-order valence-corrected chi connectivity index (χ3v) is 4.01. The fraction of sp³-hybridized carbons (Fsp3) is 0.462. The van der Waals surface area contributed by atoms with Gasteiger partial charge in [-0.1, -0.05) is 22.9 Å². The van der Waals surface area contributed by atoms with Gasteiger partial charge < -0.3 is 9.64 Å². The van der Waals surface area contributed by atoms with Crippen LogP contribution in [0.4, 0.5) is 0 Å². The molecule has 0 bridgehead atoms. The summed E-state index contributed by atoms with van der Waals surface area (Å²) in [6.45, 7) is 3.96. The smallest absolute Gasteiger partial charge is 0.255 e. The number of morpholine rings is 1. The Morgan fingerprint density at radius 1 is 1.61 bits per heavy atom. The Morgan fingerprint density at radius 2 is 2.39 bits per heavy atom. The molecule has 1 heterocycles. The summed E-state index contributed by atoms with van der Waals surface area (Å²) in [5.74, 6) is 0.0441. The van der Waals surface area contributed by atoms with Crippen molar-refractivity contribution in [2.24, 2.45) is 0 Å². The van der Waals surface area contributed by atoms with E-state index >= 15 is 0 Å². The van der Waals surface area contributed by atoms with Crippen molar-refractivity contribution >= 4 is 34.5 Å². The lowest BCUT2D eigenvalue weighted by Crippen LogP contribution is -2.48. The lowest BCUT2D eigenvalue weighted by molar-refractivity contribution is -0.00297. The van der Waals surface area contributed by atoms with E-state index in [1.54, 1.807) is 0 Å². The number of rotatable bonds is 2. The van der Waals surface area contributed by atoms with Crippen molar-refractivity contribution in [3.8, 4) is 0 Å². The summed E-state index contributed by atoms with van der Waals surface area (Å²) in [5, 5.41) is 0. The van der Waals surface area contributed by atoms with E-state index in [1.807, 2.05) is 23.1 Å². The molecule has 2 rings (SSSR count). The predicted octanol–water partition coefficient (Wildman–Crippen LogP) is 2.99. The number of carbonyl (C=O) groups excluding carboxylic acids is 1. The van der Waals surface area contributed by atoms with E-state index in [1.165, 1.54) is 0 Å². The van der Waals surface area contributed by atoms with Crippen molar-refractivity contribution in [3.05, 3.63) is 28.2 Å². The van der Waals surface area contributed by atoms with Crippen molar-refractivity contribution in [1.82, 2.24) is 4.90 Å². The molecule has 1 amide bonds. The van der Waals surface area contributed by atoms with Crippen molar-refractivity contribution in [3.63, 3.8) is 0 Å². The Kier molecular flexibility index (Phi) is 4.70. The SMILES string of the molecule is CCC1COCCN1C(=O)c1ccc(Br)cc1S. The summed E-state index contributed by atoms with van der Waals surface area (Å²) in [4.78, 5) is 15.1. The first kappa shape index (κ1) is 13.9. The molecule has 0 spiro atoms. The number of carbonyl (C=O) groups is 1. The average Bonchev–Trinajstić information content (AvgIpc) is 2.38. The van der Waals surface area contributed by atoms with Crippen LogP contribution in [0.1, 0.15) is 23.7 Å². The minimum absolute atomic E-state index is 0.0441. The molecular weight excluding hydrogens is 314 g/mol. The maximum absolute atomic E-state index is 12.5. The lowest BCUT2D eigenvalue weighted by atomic mass is 10.1. The molecule has 1 unspecified atom stereocenters. The summed E-state index contributed by atoms with van der Waals surface area (Å²) in [7, 11) is 0.